The minimum Gasteiger partial charge on any atom is -0.322 e. The number of hydrogen-bond acceptors (Lipinski definition) is 3. The molecule has 0 amide bonds. The summed E-state index contributed by atoms with van der Waals surface area (Å²) in [5, 5.41) is 0. The van der Waals surface area contributed by atoms with E-state index in [4.69, 9.17) is 5.73 Å². The summed E-state index contributed by atoms with van der Waals surface area (Å²) in [5.41, 5.74) is 7.53. The van der Waals surface area contributed by atoms with Crippen molar-refractivity contribution in [3.8, 4) is 11.8 Å². The van der Waals surface area contributed by atoms with Gasteiger partial charge in [0.25, 0.3) is 0 Å². The van der Waals surface area contributed by atoms with E-state index in [2.05, 4.69) is 21.8 Å². The molecule has 1 unspecified atom stereocenters. The van der Waals surface area contributed by atoms with E-state index in [1.54, 1.807) is 19.3 Å². The molecule has 3 nitrogen and oxygen atoms in total. The maximum atomic E-state index is 5.83. The Balaban J connectivity index is 2.69. The highest BCUT2D eigenvalue weighted by Crippen LogP contribution is 2.08. The number of rotatable bonds is 2. The van der Waals surface area contributed by atoms with Crippen LogP contribution in [-0.2, 0) is 0 Å². The normalized spacial score (nSPS) is 11.6. The maximum Gasteiger partial charge on any atom is 0.0763 e. The van der Waals surface area contributed by atoms with E-state index in [-0.39, 0.29) is 6.04 Å². The van der Waals surface area contributed by atoms with Crippen LogP contribution in [0, 0.1) is 18.8 Å². The third-order valence-corrected chi connectivity index (χ3v) is 1.68. The molecule has 1 heterocycles. The first-order valence-electron chi connectivity index (χ1n) is 4.17. The van der Waals surface area contributed by atoms with Crippen LogP contribution < -0.4 is 5.73 Å². The molecule has 0 aromatic carbocycles. The van der Waals surface area contributed by atoms with E-state index in [0.717, 1.165) is 11.4 Å². The van der Waals surface area contributed by atoms with Gasteiger partial charge in [-0.15, -0.1) is 11.8 Å². The molecule has 0 aliphatic carbocycles. The SMILES string of the molecule is CC#CCC(N)c1cnc(C)cn1. The zero-order chi connectivity index (χ0) is 9.68. The second-order valence-corrected chi connectivity index (χ2v) is 2.82. The standard InChI is InChI=1S/C10H13N3/c1-3-4-5-9(11)10-7-12-8(2)6-13-10/h6-7,9H,5,11H2,1-2H3. The summed E-state index contributed by atoms with van der Waals surface area (Å²) in [4.78, 5) is 8.29. The largest absolute Gasteiger partial charge is 0.322 e. The van der Waals surface area contributed by atoms with Gasteiger partial charge in [-0.3, -0.25) is 9.97 Å². The van der Waals surface area contributed by atoms with E-state index in [1.807, 2.05) is 6.92 Å². The molecular formula is C10H13N3. The van der Waals surface area contributed by atoms with Gasteiger partial charge in [-0.2, -0.15) is 0 Å². The van der Waals surface area contributed by atoms with Crippen molar-refractivity contribution in [1.29, 1.82) is 0 Å². The van der Waals surface area contributed by atoms with Gasteiger partial charge in [0, 0.05) is 12.6 Å². The Hall–Kier alpha value is -1.40. The smallest absolute Gasteiger partial charge is 0.0763 e. The summed E-state index contributed by atoms with van der Waals surface area (Å²) in [5.74, 6) is 5.72. The average molecular weight is 175 g/mol. The van der Waals surface area contributed by atoms with Crippen LogP contribution in [0.1, 0.15) is 30.8 Å². The highest BCUT2D eigenvalue weighted by atomic mass is 14.8. The second-order valence-electron chi connectivity index (χ2n) is 2.82. The molecule has 0 saturated heterocycles. The third-order valence-electron chi connectivity index (χ3n) is 1.68. The molecular weight excluding hydrogens is 162 g/mol. The fraction of sp³-hybridized carbons (Fsp3) is 0.400. The molecule has 2 N–H and O–H groups in total. The molecule has 1 atom stereocenters. The zero-order valence-corrected chi connectivity index (χ0v) is 7.91. The summed E-state index contributed by atoms with van der Waals surface area (Å²) < 4.78 is 0. The zero-order valence-electron chi connectivity index (χ0n) is 7.91. The predicted octanol–water partition coefficient (Wildman–Crippen LogP) is 1.20. The van der Waals surface area contributed by atoms with E-state index in [1.165, 1.54) is 0 Å². The Morgan fingerprint density at radius 3 is 2.77 bits per heavy atom. The molecule has 0 aliphatic heterocycles. The second kappa shape index (κ2) is 4.58. The number of aromatic nitrogens is 2. The molecule has 0 bridgehead atoms. The lowest BCUT2D eigenvalue weighted by atomic mass is 10.1. The van der Waals surface area contributed by atoms with E-state index in [0.29, 0.717) is 6.42 Å². The van der Waals surface area contributed by atoms with Gasteiger partial charge in [0.1, 0.15) is 0 Å². The number of nitrogens with two attached hydrogens (primary N) is 1. The van der Waals surface area contributed by atoms with E-state index in [9.17, 15) is 0 Å². The van der Waals surface area contributed by atoms with Gasteiger partial charge >= 0.3 is 0 Å². The van der Waals surface area contributed by atoms with Gasteiger partial charge in [-0.05, 0) is 13.8 Å². The summed E-state index contributed by atoms with van der Waals surface area (Å²) in [6.07, 6.45) is 4.06. The molecule has 0 aliphatic rings. The minimum atomic E-state index is -0.124. The first kappa shape index (κ1) is 9.69. The van der Waals surface area contributed by atoms with Crippen LogP contribution in [0.5, 0.6) is 0 Å². The Labute approximate surface area is 78.4 Å². The van der Waals surface area contributed by atoms with E-state index < -0.39 is 0 Å². The number of hydrogen-bond donors (Lipinski definition) is 1. The van der Waals surface area contributed by atoms with Gasteiger partial charge in [0.15, 0.2) is 0 Å². The molecule has 1 rings (SSSR count). The van der Waals surface area contributed by atoms with Crippen molar-refractivity contribution in [3.05, 3.63) is 23.8 Å². The van der Waals surface area contributed by atoms with Crippen LogP contribution >= 0.6 is 0 Å². The lowest BCUT2D eigenvalue weighted by Gasteiger charge is -2.05. The molecule has 1 aromatic rings. The lowest BCUT2D eigenvalue weighted by molar-refractivity contribution is 0.716. The Bertz CT molecular complexity index is 318. The maximum absolute atomic E-state index is 5.83. The van der Waals surface area contributed by atoms with Crippen molar-refractivity contribution in [2.24, 2.45) is 5.73 Å². The molecule has 1 aromatic heterocycles. The number of nitrogens with zero attached hydrogens (tertiary/aromatic N) is 2. The lowest BCUT2D eigenvalue weighted by Crippen LogP contribution is -2.11. The van der Waals surface area contributed by atoms with Crippen LogP contribution in [0.15, 0.2) is 12.4 Å². The van der Waals surface area contributed by atoms with Crippen LogP contribution in [0.2, 0.25) is 0 Å². The third kappa shape index (κ3) is 2.85. The van der Waals surface area contributed by atoms with Crippen molar-refractivity contribution in [3.63, 3.8) is 0 Å². The molecule has 68 valence electrons. The molecule has 3 heteroatoms. The van der Waals surface area contributed by atoms with Crippen molar-refractivity contribution >= 4 is 0 Å². The van der Waals surface area contributed by atoms with Crippen molar-refractivity contribution in [2.75, 3.05) is 0 Å². The van der Waals surface area contributed by atoms with Crippen molar-refractivity contribution < 1.29 is 0 Å². The van der Waals surface area contributed by atoms with Crippen molar-refractivity contribution in [1.82, 2.24) is 9.97 Å². The van der Waals surface area contributed by atoms with Crippen LogP contribution in [-0.4, -0.2) is 9.97 Å². The topological polar surface area (TPSA) is 51.8 Å². The highest BCUT2D eigenvalue weighted by Gasteiger charge is 2.05. The van der Waals surface area contributed by atoms with Gasteiger partial charge in [0.05, 0.1) is 23.6 Å². The molecule has 0 saturated carbocycles. The van der Waals surface area contributed by atoms with Gasteiger partial charge in [0.2, 0.25) is 0 Å². The van der Waals surface area contributed by atoms with Gasteiger partial charge in [-0.1, -0.05) is 0 Å². The first-order chi connectivity index (χ1) is 6.24. The Morgan fingerprint density at radius 1 is 1.46 bits per heavy atom. The van der Waals surface area contributed by atoms with Crippen LogP contribution in [0.25, 0.3) is 0 Å². The number of aryl methyl sites for hydroxylation is 1. The fourth-order valence-electron chi connectivity index (χ4n) is 0.911. The predicted molar refractivity (Wildman–Crippen MR) is 51.8 cm³/mol. The van der Waals surface area contributed by atoms with Crippen molar-refractivity contribution in [2.45, 2.75) is 26.3 Å². The van der Waals surface area contributed by atoms with Gasteiger partial charge in [-0.25, -0.2) is 0 Å². The minimum absolute atomic E-state index is 0.124. The Morgan fingerprint density at radius 2 is 2.23 bits per heavy atom. The van der Waals surface area contributed by atoms with E-state index >= 15 is 0 Å². The summed E-state index contributed by atoms with van der Waals surface area (Å²) >= 11 is 0. The molecule has 0 spiro atoms. The quantitative estimate of drug-likeness (QED) is 0.687. The average Bonchev–Trinajstić information content (AvgIpc) is 2.15. The Kier molecular flexibility index (Phi) is 3.41. The fourth-order valence-corrected chi connectivity index (χ4v) is 0.911. The van der Waals surface area contributed by atoms with Crippen LogP contribution in [0.4, 0.5) is 0 Å². The monoisotopic (exact) mass is 175 g/mol. The summed E-state index contributed by atoms with van der Waals surface area (Å²) in [6, 6.07) is -0.124. The molecule has 0 radical (unpaired) electrons. The summed E-state index contributed by atoms with van der Waals surface area (Å²) in [6.45, 7) is 3.70. The molecule has 0 fully saturated rings. The molecule has 13 heavy (non-hydrogen) atoms. The first-order valence-corrected chi connectivity index (χ1v) is 4.17. The van der Waals surface area contributed by atoms with Gasteiger partial charge < -0.3 is 5.73 Å². The summed E-state index contributed by atoms with van der Waals surface area (Å²) in [7, 11) is 0. The van der Waals surface area contributed by atoms with Crippen LogP contribution in [0.3, 0.4) is 0 Å². The highest BCUT2D eigenvalue weighted by molar-refractivity contribution is 5.09.